The van der Waals surface area contributed by atoms with Gasteiger partial charge in [0.05, 0.1) is 10.8 Å². The Kier molecular flexibility index (Phi) is 6.63. The molecule has 0 spiro atoms. The summed E-state index contributed by atoms with van der Waals surface area (Å²) in [7, 11) is 0. The minimum atomic E-state index is -0.626. The van der Waals surface area contributed by atoms with Crippen LogP contribution in [0.3, 0.4) is 0 Å². The van der Waals surface area contributed by atoms with Crippen LogP contribution < -0.4 is 0 Å². The van der Waals surface area contributed by atoms with E-state index < -0.39 is 5.97 Å². The average Bonchev–Trinajstić information content (AvgIpc) is 2.61. The van der Waals surface area contributed by atoms with Gasteiger partial charge in [-0.05, 0) is 52.8 Å². The number of aromatic nitrogens is 1. The van der Waals surface area contributed by atoms with Gasteiger partial charge < -0.3 is 10.0 Å². The molecule has 140 valence electrons. The lowest BCUT2D eigenvalue weighted by atomic mass is 9.96. The van der Waals surface area contributed by atoms with E-state index in [1.807, 2.05) is 12.1 Å². The lowest BCUT2D eigenvalue weighted by Gasteiger charge is -2.32. The molecule has 0 atom stereocenters. The Morgan fingerprint density at radius 2 is 1.96 bits per heavy atom. The van der Waals surface area contributed by atoms with Crippen molar-refractivity contribution in [3.8, 4) is 0 Å². The van der Waals surface area contributed by atoms with Crippen molar-refractivity contribution in [2.45, 2.75) is 39.7 Å². The van der Waals surface area contributed by atoms with Gasteiger partial charge in [-0.25, -0.2) is 4.98 Å². The van der Waals surface area contributed by atoms with Crippen LogP contribution in [0.1, 0.15) is 32.3 Å². The number of benzene rings is 1. The highest BCUT2D eigenvalue weighted by Crippen LogP contribution is 2.26. The lowest BCUT2D eigenvalue weighted by Crippen LogP contribution is -2.40. The number of hydrogen-bond donors (Lipinski definition) is 1. The smallest absolute Gasteiger partial charge is 0.306 e. The fraction of sp³-hybridized carbons (Fsp3) is 0.474. The highest BCUT2D eigenvalue weighted by atomic mass is 16.6. The molecular formula is C19H25N3O4. The molecule has 0 amide bonds. The van der Waals surface area contributed by atoms with Gasteiger partial charge in [-0.1, -0.05) is 18.2 Å². The van der Waals surface area contributed by atoms with Gasteiger partial charge in [0.15, 0.2) is 0 Å². The number of hydrogen-bond acceptors (Lipinski definition) is 5. The highest BCUT2D eigenvalue weighted by Gasteiger charge is 2.25. The molecule has 7 heteroatoms. The number of rotatable bonds is 3. The molecular weight excluding hydrogens is 334 g/mol. The Morgan fingerprint density at radius 1 is 1.31 bits per heavy atom. The van der Waals surface area contributed by atoms with E-state index in [4.69, 9.17) is 5.11 Å². The summed E-state index contributed by atoms with van der Waals surface area (Å²) in [5.41, 5.74) is 1.20. The second-order valence-electron chi connectivity index (χ2n) is 6.81. The Labute approximate surface area is 152 Å². The summed E-state index contributed by atoms with van der Waals surface area (Å²) < 4.78 is 0. The fourth-order valence-electron chi connectivity index (χ4n) is 3.12. The van der Waals surface area contributed by atoms with Crippen molar-refractivity contribution in [1.29, 1.82) is 0 Å². The predicted octanol–water partition coefficient (Wildman–Crippen LogP) is 3.64. The van der Waals surface area contributed by atoms with E-state index in [-0.39, 0.29) is 16.5 Å². The number of carboxylic acids is 1. The number of nitrogens with zero attached hydrogens (tertiary/aromatic N) is 3. The second kappa shape index (κ2) is 8.71. The molecule has 0 radical (unpaired) electrons. The molecule has 0 bridgehead atoms. The van der Waals surface area contributed by atoms with Gasteiger partial charge in [0.2, 0.25) is 0 Å². The number of carbonyl (C=O) groups is 1. The van der Waals surface area contributed by atoms with Gasteiger partial charge in [0.1, 0.15) is 5.52 Å². The Hall–Kier alpha value is -2.54. The van der Waals surface area contributed by atoms with Crippen molar-refractivity contribution in [2.75, 3.05) is 13.1 Å². The second-order valence-corrected chi connectivity index (χ2v) is 6.81. The number of aryl methyl sites for hydroxylation is 1. The van der Waals surface area contributed by atoms with Crippen LogP contribution in [0.4, 0.5) is 5.69 Å². The predicted molar refractivity (Wildman–Crippen MR) is 100 cm³/mol. The van der Waals surface area contributed by atoms with Gasteiger partial charge in [0.25, 0.3) is 5.69 Å². The topological polar surface area (TPSA) is 96.6 Å². The lowest BCUT2D eigenvalue weighted by molar-refractivity contribution is -0.383. The molecule has 0 saturated carbocycles. The Morgan fingerprint density at radius 3 is 2.50 bits per heavy atom. The van der Waals surface area contributed by atoms with E-state index in [0.717, 1.165) is 31.3 Å². The van der Waals surface area contributed by atoms with Crippen LogP contribution in [0.5, 0.6) is 0 Å². The molecule has 7 nitrogen and oxygen atoms in total. The van der Waals surface area contributed by atoms with Gasteiger partial charge in [0, 0.05) is 23.2 Å². The highest BCUT2D eigenvalue weighted by molar-refractivity contribution is 5.88. The van der Waals surface area contributed by atoms with Crippen LogP contribution in [0.2, 0.25) is 0 Å². The van der Waals surface area contributed by atoms with Crippen LogP contribution in [-0.4, -0.2) is 45.0 Å². The van der Waals surface area contributed by atoms with Gasteiger partial charge in [-0.3, -0.25) is 14.9 Å². The third kappa shape index (κ3) is 4.76. The third-order valence-corrected chi connectivity index (χ3v) is 4.74. The van der Waals surface area contributed by atoms with Crippen LogP contribution in [0.15, 0.2) is 30.5 Å². The largest absolute Gasteiger partial charge is 0.481 e. The maximum absolute atomic E-state index is 10.8. The maximum atomic E-state index is 10.8. The van der Waals surface area contributed by atoms with Crippen molar-refractivity contribution in [2.24, 2.45) is 5.92 Å². The number of piperidine rings is 1. The van der Waals surface area contributed by atoms with E-state index >= 15 is 0 Å². The molecule has 1 aromatic carbocycles. The molecule has 1 aromatic heterocycles. The molecule has 3 rings (SSSR count). The summed E-state index contributed by atoms with van der Waals surface area (Å²) in [4.78, 5) is 27.4. The molecule has 1 aliphatic rings. The first-order chi connectivity index (χ1) is 12.3. The van der Waals surface area contributed by atoms with Gasteiger partial charge in [-0.2, -0.15) is 0 Å². The van der Waals surface area contributed by atoms with Crippen molar-refractivity contribution in [3.05, 3.63) is 46.1 Å². The van der Waals surface area contributed by atoms with Crippen LogP contribution in [0, 0.1) is 23.0 Å². The number of pyridine rings is 1. The van der Waals surface area contributed by atoms with Gasteiger partial charge >= 0.3 is 5.97 Å². The first-order valence-corrected chi connectivity index (χ1v) is 8.76. The van der Waals surface area contributed by atoms with Gasteiger partial charge in [-0.15, -0.1) is 0 Å². The first-order valence-electron chi connectivity index (χ1n) is 8.76. The summed E-state index contributed by atoms with van der Waals surface area (Å²) in [6.45, 7) is 7.90. The van der Waals surface area contributed by atoms with Crippen LogP contribution in [0.25, 0.3) is 10.9 Å². The monoisotopic (exact) mass is 359 g/mol. The van der Waals surface area contributed by atoms with Crippen LogP contribution >= 0.6 is 0 Å². The number of nitro groups is 1. The molecule has 0 aliphatic carbocycles. The zero-order valence-electron chi connectivity index (χ0n) is 15.4. The molecule has 1 saturated heterocycles. The number of nitro benzene ring substituents is 1. The van der Waals surface area contributed by atoms with E-state index in [2.05, 4.69) is 23.7 Å². The number of aliphatic carboxylic acids is 1. The molecule has 1 fully saturated rings. The summed E-state index contributed by atoms with van der Waals surface area (Å²) >= 11 is 0. The van der Waals surface area contributed by atoms with Crippen molar-refractivity contribution < 1.29 is 14.8 Å². The minimum Gasteiger partial charge on any atom is -0.481 e. The van der Waals surface area contributed by atoms with E-state index in [9.17, 15) is 14.9 Å². The average molecular weight is 359 g/mol. The van der Waals surface area contributed by atoms with Crippen molar-refractivity contribution in [1.82, 2.24) is 9.88 Å². The normalized spacial score (nSPS) is 15.5. The zero-order chi connectivity index (χ0) is 19.3. The minimum absolute atomic E-state index is 0.0972. The van der Waals surface area contributed by atoms with E-state index in [1.54, 1.807) is 25.3 Å². The third-order valence-electron chi connectivity index (χ3n) is 4.74. The Bertz CT molecular complexity index is 783. The summed E-state index contributed by atoms with van der Waals surface area (Å²) in [6.07, 6.45) is 3.19. The number of likely N-dealkylation sites (tertiary alicyclic amines) is 1. The molecule has 0 unspecified atom stereocenters. The fourth-order valence-corrected chi connectivity index (χ4v) is 3.12. The SMILES string of the molecule is CC(C)N1CCC(C(=O)O)CC1.Cc1ccc2cccnc2c1[N+](=O)[O-]. The van der Waals surface area contributed by atoms with E-state index in [0.29, 0.717) is 17.1 Å². The standard InChI is InChI=1S/C10H8N2O2.C9H17NO2/c1-7-4-5-8-3-2-6-11-9(8)10(7)12(13)14;1-7(2)10-5-3-8(4-6-10)9(11)12/h2-6H,1H3;7-8H,3-6H2,1-2H3,(H,11,12). The van der Waals surface area contributed by atoms with E-state index in [1.165, 1.54) is 0 Å². The summed E-state index contributed by atoms with van der Waals surface area (Å²) in [6, 6.07) is 7.71. The Balaban J connectivity index is 0.000000190. The van der Waals surface area contributed by atoms with Crippen LogP contribution in [-0.2, 0) is 4.79 Å². The maximum Gasteiger partial charge on any atom is 0.306 e. The molecule has 2 heterocycles. The molecule has 26 heavy (non-hydrogen) atoms. The molecule has 2 aromatic rings. The summed E-state index contributed by atoms with van der Waals surface area (Å²) in [5.74, 6) is -0.724. The number of fused-ring (bicyclic) bond motifs is 1. The quantitative estimate of drug-likeness (QED) is 0.664. The summed E-state index contributed by atoms with van der Waals surface area (Å²) in [5, 5.41) is 20.3. The zero-order valence-corrected chi connectivity index (χ0v) is 15.4. The molecule has 1 aliphatic heterocycles. The number of carboxylic acid groups (broad SMARTS) is 1. The van der Waals surface area contributed by atoms with Crippen molar-refractivity contribution >= 4 is 22.6 Å². The van der Waals surface area contributed by atoms with Crippen molar-refractivity contribution in [3.63, 3.8) is 0 Å². The first kappa shape index (κ1) is 19.8. The molecule has 1 N–H and O–H groups in total.